The van der Waals surface area contributed by atoms with Gasteiger partial charge in [0.05, 0.1) is 0 Å². The number of carbonyl (C=O) groups is 2. The Morgan fingerprint density at radius 2 is 0.526 bits per heavy atom. The Hall–Kier alpha value is -4.98. The molecule has 6 nitrogen and oxygen atoms in total. The molecule has 0 radical (unpaired) electrons. The largest absolute Gasteiger partial charge is 2.00 e. The van der Waals surface area contributed by atoms with Crippen molar-refractivity contribution in [2.45, 2.75) is 12.4 Å². The second-order valence-corrected chi connectivity index (χ2v) is 14.7. The number of rotatable bonds is 6. The van der Waals surface area contributed by atoms with Gasteiger partial charge in [-0.1, -0.05) is 182 Å². The van der Waals surface area contributed by atoms with Gasteiger partial charge in [-0.25, -0.2) is 0 Å². The van der Waals surface area contributed by atoms with E-state index in [2.05, 4.69) is 189 Å². The monoisotopic (exact) mass is 912 g/mol. The molecule has 298 valence electrons. The van der Waals surface area contributed by atoms with Crippen molar-refractivity contribution < 1.29 is 75.4 Å². The second-order valence-electron chi connectivity index (χ2n) is 10.3. The van der Waals surface area contributed by atoms with Gasteiger partial charge >= 0.3 is 43.1 Å². The van der Waals surface area contributed by atoms with Crippen LogP contribution < -0.4 is 42.0 Å². The third-order valence-electron chi connectivity index (χ3n) is 6.55. The van der Waals surface area contributed by atoms with E-state index in [0.717, 1.165) is 7.11 Å². The Kier molecular flexibility index (Phi) is 25.9. The standard InChI is InChI=1S/2C18H15P.2C2HF3O2.CH4O.CO.Ru/c2*1-4-10-16(11-5-1)19(17-12-6-2-7-13-17)18-14-8-3-9-15-18;2*3-2(4,5)1(6)7;2*1-2;/h2*1-15H;2*(H,6,7);2H,1H3;;/q;;;;;;+2/p-2. The fraction of sp³-hybridized carbons (Fsp3) is 0.0714. The summed E-state index contributed by atoms with van der Waals surface area (Å²) in [5.41, 5.74) is 0. The predicted octanol–water partition coefficient (Wildman–Crippen LogP) is 5.06. The Bertz CT molecular complexity index is 1630. The first-order chi connectivity index (χ1) is 26.8. The average molecular weight is 912 g/mol. The summed E-state index contributed by atoms with van der Waals surface area (Å²) in [6.07, 6.45) is -10.4. The molecule has 0 aliphatic heterocycles. The molecule has 6 aromatic carbocycles. The minimum atomic E-state index is -5.19. The molecule has 0 fully saturated rings. The number of hydrogen-bond acceptors (Lipinski definition) is 5. The van der Waals surface area contributed by atoms with Gasteiger partial charge in [-0.15, -0.1) is 0 Å². The maximum atomic E-state index is 10.5. The van der Waals surface area contributed by atoms with Crippen molar-refractivity contribution in [3.8, 4) is 0 Å². The van der Waals surface area contributed by atoms with Crippen molar-refractivity contribution in [1.82, 2.24) is 0 Å². The number of alkyl halides is 6. The molecule has 0 bridgehead atoms. The van der Waals surface area contributed by atoms with E-state index in [1.165, 1.54) is 31.8 Å². The molecule has 57 heavy (non-hydrogen) atoms. The molecule has 15 heteroatoms. The van der Waals surface area contributed by atoms with E-state index < -0.39 is 40.1 Å². The van der Waals surface area contributed by atoms with Gasteiger partial charge in [0.1, 0.15) is 11.9 Å². The van der Waals surface area contributed by atoms with Crippen LogP contribution in [0.5, 0.6) is 0 Å². The first-order valence-electron chi connectivity index (χ1n) is 15.9. The van der Waals surface area contributed by atoms with E-state index >= 15 is 0 Å². The number of aliphatic hydroxyl groups excluding tert-OH is 1. The summed E-state index contributed by atoms with van der Waals surface area (Å²) in [6, 6.07) is 64.7. The molecule has 0 aliphatic rings. The fourth-order valence-electron chi connectivity index (χ4n) is 4.36. The van der Waals surface area contributed by atoms with E-state index in [4.69, 9.17) is 29.6 Å². The van der Waals surface area contributed by atoms with Crippen LogP contribution >= 0.6 is 15.8 Å². The SMILES string of the molecule is CO.O=C([O-])C(F)(F)F.O=C([O-])C(F)(F)F.[C-]#[O+].[Ru+2].c1ccc(P(c2ccccc2)c2ccccc2)cc1.c1ccc(P(c2ccccc2)c2ccccc2)cc1. The second kappa shape index (κ2) is 28.4. The quantitative estimate of drug-likeness (QED) is 0.0825. The van der Waals surface area contributed by atoms with Crippen LogP contribution in [0.1, 0.15) is 0 Å². The maximum absolute atomic E-state index is 10.5. The van der Waals surface area contributed by atoms with Gasteiger partial charge in [0.25, 0.3) is 0 Å². The number of halogens is 6. The first kappa shape index (κ1) is 52.0. The third-order valence-corrected chi connectivity index (χ3v) is 11.4. The molecule has 0 atom stereocenters. The van der Waals surface area contributed by atoms with Gasteiger partial charge in [0.2, 0.25) is 0 Å². The van der Waals surface area contributed by atoms with Crippen LogP contribution in [0.3, 0.4) is 0 Å². The zero-order valence-corrected chi connectivity index (χ0v) is 33.4. The van der Waals surface area contributed by atoms with Gasteiger partial charge in [0.15, 0.2) is 0 Å². The molecule has 6 aromatic rings. The molecular weight excluding hydrogens is 877 g/mol. The van der Waals surface area contributed by atoms with Crippen molar-refractivity contribution in [1.29, 1.82) is 0 Å². The maximum Gasteiger partial charge on any atom is 2.00 e. The summed E-state index contributed by atoms with van der Waals surface area (Å²) in [7, 11) is 0.108. The summed E-state index contributed by atoms with van der Waals surface area (Å²) < 4.78 is 70.6. The molecule has 0 aliphatic carbocycles. The van der Waals surface area contributed by atoms with Gasteiger partial charge in [-0.05, 0) is 47.7 Å². The van der Waals surface area contributed by atoms with E-state index in [9.17, 15) is 26.3 Å². The van der Waals surface area contributed by atoms with E-state index in [1.807, 2.05) is 0 Å². The summed E-state index contributed by atoms with van der Waals surface area (Å²) >= 11 is 0. The zero-order chi connectivity index (χ0) is 42.0. The van der Waals surface area contributed by atoms with E-state index in [0.29, 0.717) is 0 Å². The van der Waals surface area contributed by atoms with Crippen LogP contribution in [-0.4, -0.2) is 36.5 Å². The molecule has 0 saturated carbocycles. The van der Waals surface area contributed by atoms with Gasteiger partial charge in [0, 0.05) is 7.11 Å². The minimum absolute atomic E-state index is 0. The molecule has 0 amide bonds. The van der Waals surface area contributed by atoms with Crippen LogP contribution in [0.25, 0.3) is 0 Å². The van der Waals surface area contributed by atoms with Gasteiger partial charge in [-0.2, -0.15) is 26.3 Å². The summed E-state index contributed by atoms with van der Waals surface area (Å²) in [6.45, 7) is 4.50. The van der Waals surface area contributed by atoms with E-state index in [1.54, 1.807) is 0 Å². The zero-order valence-electron chi connectivity index (χ0n) is 29.8. The normalized spacial score (nSPS) is 9.96. The van der Waals surface area contributed by atoms with Crippen LogP contribution in [0.2, 0.25) is 0 Å². The number of carboxylic acids is 2. The van der Waals surface area contributed by atoms with E-state index in [-0.39, 0.29) is 19.5 Å². The van der Waals surface area contributed by atoms with Crippen molar-refractivity contribution in [2.75, 3.05) is 7.11 Å². The smallest absolute Gasteiger partial charge is 0.0622 e. The Labute approximate surface area is 341 Å². The first-order valence-corrected chi connectivity index (χ1v) is 18.6. The van der Waals surface area contributed by atoms with Gasteiger partial charge in [-0.3, -0.25) is 0 Å². The molecule has 0 unspecified atom stereocenters. The summed E-state index contributed by atoms with van der Waals surface area (Å²) in [5, 5.41) is 33.0. The molecule has 6 rings (SSSR count). The topological polar surface area (TPSA) is 120 Å². The van der Waals surface area contributed by atoms with Crippen LogP contribution in [0.4, 0.5) is 26.3 Å². The predicted molar refractivity (Wildman–Crippen MR) is 204 cm³/mol. The summed E-state index contributed by atoms with van der Waals surface area (Å²) in [5.74, 6) is -6.01. The number of aliphatic hydroxyl groups is 1. The van der Waals surface area contributed by atoms with Gasteiger partial charge < -0.3 is 24.9 Å². The minimum Gasteiger partial charge on any atom is -0.0622 e. The number of carbonyl (C=O) groups excluding carboxylic acids is 2. The Morgan fingerprint density at radius 3 is 0.614 bits per heavy atom. The molecule has 0 aromatic heterocycles. The van der Waals surface area contributed by atoms with Crippen molar-refractivity contribution >= 4 is 59.6 Å². The number of aliphatic carboxylic acids is 2. The number of benzene rings is 6. The number of carboxylic acid groups (broad SMARTS) is 2. The Morgan fingerprint density at radius 1 is 0.421 bits per heavy atom. The van der Waals surface area contributed by atoms with Crippen LogP contribution in [0, 0.1) is 6.65 Å². The van der Waals surface area contributed by atoms with Crippen molar-refractivity contribution in [3.05, 3.63) is 189 Å². The van der Waals surface area contributed by atoms with Crippen LogP contribution in [-0.2, 0) is 33.7 Å². The molecule has 1 N–H and O–H groups in total. The molecule has 0 heterocycles. The molecular formula is C42H34F6O6P2Ru. The summed E-state index contributed by atoms with van der Waals surface area (Å²) in [4.78, 5) is 17.6. The molecule has 0 saturated heterocycles. The van der Waals surface area contributed by atoms with Crippen molar-refractivity contribution in [2.24, 2.45) is 0 Å². The number of hydrogen-bond donors (Lipinski definition) is 1. The third kappa shape index (κ3) is 19.6. The van der Waals surface area contributed by atoms with Crippen LogP contribution in [0.15, 0.2) is 182 Å². The Balaban J connectivity index is 0.000000774. The average Bonchev–Trinajstić information content (AvgIpc) is 3.22. The molecule has 0 spiro atoms. The van der Waals surface area contributed by atoms with Crippen molar-refractivity contribution in [3.63, 3.8) is 0 Å². The fourth-order valence-corrected chi connectivity index (χ4v) is 8.97.